The van der Waals surface area contributed by atoms with E-state index in [0.29, 0.717) is 12.1 Å². The van der Waals surface area contributed by atoms with E-state index in [1.54, 1.807) is 12.1 Å². The maximum absolute atomic E-state index is 11.9. The molecule has 0 heterocycles. The molecule has 0 saturated carbocycles. The number of carboxylic acid groups (broad SMARTS) is 1. The zero-order chi connectivity index (χ0) is 13.5. The van der Waals surface area contributed by atoms with Crippen LogP contribution in [0.3, 0.4) is 0 Å². The monoisotopic (exact) mass is 251 g/mol. The molecule has 98 valence electrons. The molecule has 0 atom stereocenters. The number of aliphatic hydroxyl groups excluding tert-OH is 1. The van der Waals surface area contributed by atoms with Crippen LogP contribution in [-0.4, -0.2) is 35.2 Å². The predicted octanol–water partition coefficient (Wildman–Crippen LogP) is 1.51. The summed E-state index contributed by atoms with van der Waals surface area (Å²) < 4.78 is 0. The summed E-state index contributed by atoms with van der Waals surface area (Å²) in [6, 6.07) is 6.04. The van der Waals surface area contributed by atoms with E-state index in [4.69, 9.17) is 10.2 Å². The molecule has 0 aromatic heterocycles. The highest BCUT2D eigenvalue weighted by atomic mass is 16.4. The zero-order valence-corrected chi connectivity index (χ0v) is 10.3. The fourth-order valence-corrected chi connectivity index (χ4v) is 1.63. The predicted molar refractivity (Wildman–Crippen MR) is 67.7 cm³/mol. The number of carbonyl (C=O) groups excluding carboxylic acids is 1. The lowest BCUT2D eigenvalue weighted by atomic mass is 10.2. The molecule has 0 aliphatic carbocycles. The molecule has 0 saturated heterocycles. The summed E-state index contributed by atoms with van der Waals surface area (Å²) in [4.78, 5) is 24.0. The molecule has 1 rings (SSSR count). The van der Waals surface area contributed by atoms with Gasteiger partial charge >= 0.3 is 5.97 Å². The number of rotatable bonds is 6. The van der Waals surface area contributed by atoms with Crippen LogP contribution in [0.4, 0.5) is 5.69 Å². The van der Waals surface area contributed by atoms with Crippen molar-refractivity contribution < 1.29 is 19.8 Å². The summed E-state index contributed by atoms with van der Waals surface area (Å²) in [5.74, 6) is -1.08. The Bertz CT molecular complexity index is 414. The molecule has 0 spiro atoms. The van der Waals surface area contributed by atoms with E-state index in [0.717, 1.165) is 6.42 Å². The van der Waals surface area contributed by atoms with Gasteiger partial charge in [0.15, 0.2) is 0 Å². The van der Waals surface area contributed by atoms with Gasteiger partial charge in [0.25, 0.3) is 0 Å². The highest BCUT2D eigenvalue weighted by molar-refractivity contribution is 5.94. The van der Waals surface area contributed by atoms with Crippen LogP contribution in [0.1, 0.15) is 30.1 Å². The van der Waals surface area contributed by atoms with E-state index < -0.39 is 5.97 Å². The Labute approximate surface area is 106 Å². The highest BCUT2D eigenvalue weighted by Crippen LogP contribution is 2.16. The maximum atomic E-state index is 11.9. The van der Waals surface area contributed by atoms with Crippen molar-refractivity contribution in [2.75, 3.05) is 18.1 Å². The number of aliphatic hydroxyl groups is 1. The SMILES string of the molecule is CCCC(=O)N(CCO)c1ccc(C(=O)O)cc1. The van der Waals surface area contributed by atoms with Gasteiger partial charge in [0.05, 0.1) is 12.2 Å². The molecular weight excluding hydrogens is 234 g/mol. The van der Waals surface area contributed by atoms with Crippen molar-refractivity contribution in [3.05, 3.63) is 29.8 Å². The fourth-order valence-electron chi connectivity index (χ4n) is 1.63. The lowest BCUT2D eigenvalue weighted by molar-refractivity contribution is -0.118. The summed E-state index contributed by atoms with van der Waals surface area (Å²) >= 11 is 0. The quantitative estimate of drug-likeness (QED) is 0.803. The Morgan fingerprint density at radius 3 is 2.28 bits per heavy atom. The summed E-state index contributed by atoms with van der Waals surface area (Å²) in [6.45, 7) is 1.99. The largest absolute Gasteiger partial charge is 0.478 e. The van der Waals surface area contributed by atoms with Gasteiger partial charge in [-0.25, -0.2) is 4.79 Å². The molecule has 0 bridgehead atoms. The average Bonchev–Trinajstić information content (AvgIpc) is 2.36. The molecule has 0 fully saturated rings. The van der Waals surface area contributed by atoms with Gasteiger partial charge < -0.3 is 15.1 Å². The molecule has 5 heteroatoms. The molecule has 0 aliphatic rings. The first-order chi connectivity index (χ1) is 8.60. The van der Waals surface area contributed by atoms with Crippen molar-refractivity contribution in [1.82, 2.24) is 0 Å². The van der Waals surface area contributed by atoms with E-state index in [1.807, 2.05) is 6.92 Å². The van der Waals surface area contributed by atoms with Crippen molar-refractivity contribution in [3.63, 3.8) is 0 Å². The van der Waals surface area contributed by atoms with Gasteiger partial charge in [-0.2, -0.15) is 0 Å². The third kappa shape index (κ3) is 3.56. The molecule has 1 aromatic carbocycles. The zero-order valence-electron chi connectivity index (χ0n) is 10.3. The third-order valence-electron chi connectivity index (χ3n) is 2.51. The average molecular weight is 251 g/mol. The first kappa shape index (κ1) is 14.2. The molecule has 5 nitrogen and oxygen atoms in total. The number of aromatic carboxylic acids is 1. The van der Waals surface area contributed by atoms with E-state index in [2.05, 4.69) is 0 Å². The van der Waals surface area contributed by atoms with Crippen LogP contribution >= 0.6 is 0 Å². The topological polar surface area (TPSA) is 77.8 Å². The maximum Gasteiger partial charge on any atom is 0.335 e. The molecule has 1 aromatic rings. The van der Waals surface area contributed by atoms with Crippen molar-refractivity contribution in [2.24, 2.45) is 0 Å². The van der Waals surface area contributed by atoms with Crippen LogP contribution in [0.15, 0.2) is 24.3 Å². The minimum absolute atomic E-state index is 0.0744. The molecule has 0 radical (unpaired) electrons. The summed E-state index contributed by atoms with van der Waals surface area (Å²) in [6.07, 6.45) is 1.13. The van der Waals surface area contributed by atoms with Gasteiger partial charge in [0.1, 0.15) is 0 Å². The van der Waals surface area contributed by atoms with Crippen molar-refractivity contribution in [3.8, 4) is 0 Å². The normalized spacial score (nSPS) is 10.1. The Morgan fingerprint density at radius 1 is 1.22 bits per heavy atom. The standard InChI is InChI=1S/C13H17NO4/c1-2-3-12(16)14(8-9-15)11-6-4-10(5-7-11)13(17)18/h4-7,15H,2-3,8-9H2,1H3,(H,17,18). The van der Waals surface area contributed by atoms with E-state index in [1.165, 1.54) is 17.0 Å². The third-order valence-corrected chi connectivity index (χ3v) is 2.51. The lowest BCUT2D eigenvalue weighted by Crippen LogP contribution is -2.33. The van der Waals surface area contributed by atoms with Crippen LogP contribution in [0, 0.1) is 0 Å². The number of benzene rings is 1. The molecule has 1 amide bonds. The second kappa shape index (κ2) is 6.76. The fraction of sp³-hybridized carbons (Fsp3) is 0.385. The van der Waals surface area contributed by atoms with Gasteiger partial charge in [-0.1, -0.05) is 6.92 Å². The Balaban J connectivity index is 2.91. The number of hydrogen-bond acceptors (Lipinski definition) is 3. The minimum atomic E-state index is -1.00. The molecular formula is C13H17NO4. The minimum Gasteiger partial charge on any atom is -0.478 e. The van der Waals surface area contributed by atoms with Gasteiger partial charge in [-0.3, -0.25) is 4.79 Å². The number of carboxylic acids is 1. The van der Waals surface area contributed by atoms with Gasteiger partial charge in [-0.05, 0) is 30.7 Å². The van der Waals surface area contributed by atoms with Crippen LogP contribution < -0.4 is 4.90 Å². The Kier molecular flexibility index (Phi) is 5.32. The van der Waals surface area contributed by atoms with Crippen LogP contribution in [0.25, 0.3) is 0 Å². The lowest BCUT2D eigenvalue weighted by Gasteiger charge is -2.21. The van der Waals surface area contributed by atoms with Crippen LogP contribution in [0.5, 0.6) is 0 Å². The van der Waals surface area contributed by atoms with E-state index in [9.17, 15) is 9.59 Å². The van der Waals surface area contributed by atoms with Gasteiger partial charge in [0, 0.05) is 18.7 Å². The molecule has 18 heavy (non-hydrogen) atoms. The summed E-state index contributed by atoms with van der Waals surface area (Å²) in [5, 5.41) is 17.8. The second-order valence-corrected chi connectivity index (χ2v) is 3.87. The van der Waals surface area contributed by atoms with E-state index >= 15 is 0 Å². The number of hydrogen-bond donors (Lipinski definition) is 2. The van der Waals surface area contributed by atoms with E-state index in [-0.39, 0.29) is 24.6 Å². The molecule has 2 N–H and O–H groups in total. The summed E-state index contributed by atoms with van der Waals surface area (Å²) in [5.41, 5.74) is 0.776. The smallest absolute Gasteiger partial charge is 0.335 e. The number of anilines is 1. The van der Waals surface area contributed by atoms with Gasteiger partial charge in [0.2, 0.25) is 5.91 Å². The Hall–Kier alpha value is -1.88. The molecule has 0 aliphatic heterocycles. The van der Waals surface area contributed by atoms with Crippen molar-refractivity contribution >= 4 is 17.6 Å². The first-order valence-corrected chi connectivity index (χ1v) is 5.84. The summed E-state index contributed by atoms with van der Waals surface area (Å²) in [7, 11) is 0. The van der Waals surface area contributed by atoms with Gasteiger partial charge in [-0.15, -0.1) is 0 Å². The number of nitrogens with zero attached hydrogens (tertiary/aromatic N) is 1. The Morgan fingerprint density at radius 2 is 1.83 bits per heavy atom. The first-order valence-electron chi connectivity index (χ1n) is 5.84. The van der Waals surface area contributed by atoms with Crippen molar-refractivity contribution in [1.29, 1.82) is 0 Å². The number of carbonyl (C=O) groups is 2. The van der Waals surface area contributed by atoms with Crippen LogP contribution in [0.2, 0.25) is 0 Å². The van der Waals surface area contributed by atoms with Crippen LogP contribution in [-0.2, 0) is 4.79 Å². The second-order valence-electron chi connectivity index (χ2n) is 3.87. The number of amides is 1. The van der Waals surface area contributed by atoms with Crippen molar-refractivity contribution in [2.45, 2.75) is 19.8 Å². The highest BCUT2D eigenvalue weighted by Gasteiger charge is 2.14. The molecule has 0 unspecified atom stereocenters.